The van der Waals surface area contributed by atoms with Crippen LogP contribution in [0, 0.1) is 11.6 Å². The topological polar surface area (TPSA) is 33.2 Å². The summed E-state index contributed by atoms with van der Waals surface area (Å²) < 4.78 is 27.9. The van der Waals surface area contributed by atoms with Crippen LogP contribution < -0.4 is 0 Å². The van der Waals surface area contributed by atoms with E-state index in [1.54, 1.807) is 7.05 Å². The minimum atomic E-state index is -0.734. The van der Waals surface area contributed by atoms with E-state index < -0.39 is 17.5 Å². The molecule has 0 unspecified atom stereocenters. The molecule has 1 amide bonds. The molecule has 2 aromatic carbocycles. The zero-order chi connectivity index (χ0) is 15.7. The van der Waals surface area contributed by atoms with E-state index in [1.807, 2.05) is 24.3 Å². The Balaban J connectivity index is 1.82. The number of aromatic nitrogens is 1. The molecule has 22 heavy (non-hydrogen) atoms. The molecule has 0 aliphatic carbocycles. The number of fused-ring (bicyclic) bond motifs is 1. The largest absolute Gasteiger partial charge is 0.335 e. The lowest BCUT2D eigenvalue weighted by atomic mass is 10.2. The fourth-order valence-corrected chi connectivity index (χ4v) is 3.15. The van der Waals surface area contributed by atoms with Gasteiger partial charge in [0.25, 0.3) is 5.91 Å². The van der Waals surface area contributed by atoms with Crippen molar-refractivity contribution >= 4 is 27.5 Å². The second kappa shape index (κ2) is 5.81. The number of carbonyl (C=O) groups excluding carboxylic acids is 1. The third-order valence-corrected chi connectivity index (χ3v) is 4.24. The van der Waals surface area contributed by atoms with Crippen LogP contribution in [-0.2, 0) is 6.54 Å². The first-order chi connectivity index (χ1) is 10.5. The Labute approximate surface area is 129 Å². The second-order valence-corrected chi connectivity index (χ2v) is 5.98. The molecule has 3 rings (SSSR count). The number of hydrogen-bond acceptors (Lipinski definition) is 3. The molecule has 0 aliphatic heterocycles. The van der Waals surface area contributed by atoms with Gasteiger partial charge in [-0.25, -0.2) is 13.8 Å². The van der Waals surface area contributed by atoms with Crippen molar-refractivity contribution in [3.8, 4) is 0 Å². The van der Waals surface area contributed by atoms with E-state index in [0.717, 1.165) is 33.4 Å². The number of rotatable bonds is 3. The van der Waals surface area contributed by atoms with Gasteiger partial charge in [0, 0.05) is 7.05 Å². The smallest absolute Gasteiger partial charge is 0.257 e. The summed E-state index contributed by atoms with van der Waals surface area (Å²) in [5.41, 5.74) is 0.587. The zero-order valence-electron chi connectivity index (χ0n) is 11.7. The van der Waals surface area contributed by atoms with Crippen LogP contribution in [-0.4, -0.2) is 22.8 Å². The van der Waals surface area contributed by atoms with Crippen LogP contribution in [0.2, 0.25) is 0 Å². The Bertz CT molecular complexity index is 814. The molecule has 0 fully saturated rings. The molecule has 0 radical (unpaired) electrons. The van der Waals surface area contributed by atoms with Gasteiger partial charge < -0.3 is 4.90 Å². The highest BCUT2D eigenvalue weighted by molar-refractivity contribution is 7.18. The molecule has 0 bridgehead atoms. The Morgan fingerprint density at radius 3 is 2.77 bits per heavy atom. The maximum absolute atomic E-state index is 13.7. The van der Waals surface area contributed by atoms with Gasteiger partial charge in [-0.2, -0.15) is 0 Å². The van der Waals surface area contributed by atoms with E-state index in [9.17, 15) is 13.6 Å². The summed E-state index contributed by atoms with van der Waals surface area (Å²) in [4.78, 5) is 18.0. The first kappa shape index (κ1) is 14.6. The second-order valence-electron chi connectivity index (χ2n) is 4.86. The summed E-state index contributed by atoms with van der Waals surface area (Å²) in [6, 6.07) is 10.5. The summed E-state index contributed by atoms with van der Waals surface area (Å²) in [6.45, 7) is 0.244. The molecule has 112 valence electrons. The fraction of sp³-hybridized carbons (Fsp3) is 0.125. The van der Waals surface area contributed by atoms with Crippen LogP contribution in [0.25, 0.3) is 10.2 Å². The van der Waals surface area contributed by atoms with Gasteiger partial charge in [0.05, 0.1) is 22.3 Å². The Morgan fingerprint density at radius 1 is 1.23 bits per heavy atom. The van der Waals surface area contributed by atoms with Crippen molar-refractivity contribution in [2.45, 2.75) is 6.54 Å². The highest BCUT2D eigenvalue weighted by atomic mass is 32.1. The van der Waals surface area contributed by atoms with Crippen molar-refractivity contribution in [2.24, 2.45) is 0 Å². The lowest BCUT2D eigenvalue weighted by Crippen LogP contribution is -2.27. The van der Waals surface area contributed by atoms with Crippen molar-refractivity contribution in [1.82, 2.24) is 9.88 Å². The number of halogens is 2. The number of amides is 1. The van der Waals surface area contributed by atoms with E-state index in [1.165, 1.54) is 16.2 Å². The summed E-state index contributed by atoms with van der Waals surface area (Å²) in [7, 11) is 1.54. The van der Waals surface area contributed by atoms with E-state index in [0.29, 0.717) is 0 Å². The van der Waals surface area contributed by atoms with Crippen molar-refractivity contribution in [3.63, 3.8) is 0 Å². The van der Waals surface area contributed by atoms with Gasteiger partial charge in [0.2, 0.25) is 0 Å². The first-order valence-electron chi connectivity index (χ1n) is 6.59. The number of benzene rings is 2. The van der Waals surface area contributed by atoms with E-state index >= 15 is 0 Å². The quantitative estimate of drug-likeness (QED) is 0.735. The Hall–Kier alpha value is -2.34. The third-order valence-electron chi connectivity index (χ3n) is 3.22. The average molecular weight is 318 g/mol. The van der Waals surface area contributed by atoms with Crippen LogP contribution in [0.1, 0.15) is 15.4 Å². The maximum atomic E-state index is 13.7. The summed E-state index contributed by atoms with van der Waals surface area (Å²) in [5.74, 6) is -1.95. The number of hydrogen-bond donors (Lipinski definition) is 0. The Morgan fingerprint density at radius 2 is 2.00 bits per heavy atom. The van der Waals surface area contributed by atoms with Gasteiger partial charge >= 0.3 is 0 Å². The molecule has 0 saturated heterocycles. The highest BCUT2D eigenvalue weighted by Crippen LogP contribution is 2.23. The fourth-order valence-electron chi connectivity index (χ4n) is 2.13. The van der Waals surface area contributed by atoms with Crippen molar-refractivity contribution in [3.05, 3.63) is 64.7 Å². The molecular weight excluding hydrogens is 306 g/mol. The standard InChI is InChI=1S/C16H12F2N2OS/c1-20(16(21)11-8-10(17)6-7-12(11)18)9-15-19-13-4-2-3-5-14(13)22-15/h2-8H,9H2,1H3. The molecule has 1 aromatic heterocycles. The van der Waals surface area contributed by atoms with Gasteiger partial charge in [-0.05, 0) is 30.3 Å². The van der Waals surface area contributed by atoms with E-state index in [4.69, 9.17) is 0 Å². The van der Waals surface area contributed by atoms with Gasteiger partial charge in [0.15, 0.2) is 0 Å². The zero-order valence-corrected chi connectivity index (χ0v) is 12.5. The number of thiazole rings is 1. The van der Waals surface area contributed by atoms with Gasteiger partial charge in [-0.3, -0.25) is 4.79 Å². The molecule has 0 atom stereocenters. The summed E-state index contributed by atoms with van der Waals surface area (Å²) in [6.07, 6.45) is 0. The molecule has 0 spiro atoms. The van der Waals surface area contributed by atoms with Crippen molar-refractivity contribution in [2.75, 3.05) is 7.05 Å². The van der Waals surface area contributed by atoms with E-state index in [-0.39, 0.29) is 12.1 Å². The Kier molecular flexibility index (Phi) is 3.85. The first-order valence-corrected chi connectivity index (χ1v) is 7.41. The number of nitrogens with zero attached hydrogens (tertiary/aromatic N) is 2. The lowest BCUT2D eigenvalue weighted by molar-refractivity contribution is 0.0780. The monoisotopic (exact) mass is 318 g/mol. The maximum Gasteiger partial charge on any atom is 0.257 e. The summed E-state index contributed by atoms with van der Waals surface area (Å²) >= 11 is 1.47. The van der Waals surface area contributed by atoms with Crippen LogP contribution in [0.3, 0.4) is 0 Å². The average Bonchev–Trinajstić information content (AvgIpc) is 2.91. The van der Waals surface area contributed by atoms with Gasteiger partial charge in [-0.1, -0.05) is 12.1 Å². The predicted molar refractivity (Wildman–Crippen MR) is 81.8 cm³/mol. The SMILES string of the molecule is CN(Cc1nc2ccccc2s1)C(=O)c1cc(F)ccc1F. The molecule has 1 heterocycles. The normalized spacial score (nSPS) is 10.9. The minimum Gasteiger partial charge on any atom is -0.335 e. The molecular formula is C16H12F2N2OS. The van der Waals surface area contributed by atoms with Crippen LogP contribution in [0.5, 0.6) is 0 Å². The van der Waals surface area contributed by atoms with Gasteiger partial charge in [-0.15, -0.1) is 11.3 Å². The molecule has 3 aromatic rings. The van der Waals surface area contributed by atoms with Crippen LogP contribution in [0.15, 0.2) is 42.5 Å². The molecule has 0 saturated carbocycles. The summed E-state index contributed by atoms with van der Waals surface area (Å²) in [5, 5.41) is 0.744. The van der Waals surface area contributed by atoms with E-state index in [2.05, 4.69) is 4.98 Å². The highest BCUT2D eigenvalue weighted by Gasteiger charge is 2.18. The molecule has 3 nitrogen and oxygen atoms in total. The third kappa shape index (κ3) is 2.82. The molecule has 6 heteroatoms. The predicted octanol–water partition coefficient (Wildman–Crippen LogP) is 3.85. The van der Waals surface area contributed by atoms with Crippen LogP contribution >= 0.6 is 11.3 Å². The number of carbonyl (C=O) groups is 1. The van der Waals surface area contributed by atoms with Crippen LogP contribution in [0.4, 0.5) is 8.78 Å². The van der Waals surface area contributed by atoms with Gasteiger partial charge in [0.1, 0.15) is 16.6 Å². The van der Waals surface area contributed by atoms with Crippen molar-refractivity contribution in [1.29, 1.82) is 0 Å². The molecule has 0 aliphatic rings. The lowest BCUT2D eigenvalue weighted by Gasteiger charge is -2.16. The molecule has 0 N–H and O–H groups in total. The van der Waals surface area contributed by atoms with Crippen molar-refractivity contribution < 1.29 is 13.6 Å². The number of para-hydroxylation sites is 1. The minimum absolute atomic E-state index is 0.244.